The lowest BCUT2D eigenvalue weighted by molar-refractivity contribution is -0.140. The minimum atomic E-state index is -1.67. The molecule has 0 bridgehead atoms. The molecule has 6 nitrogen and oxygen atoms in total. The number of esters is 1. The van der Waals surface area contributed by atoms with Crippen molar-refractivity contribution in [3.8, 4) is 5.75 Å². The highest BCUT2D eigenvalue weighted by Gasteiger charge is 2.18. The Morgan fingerprint density at radius 1 is 1.31 bits per heavy atom. The molecule has 0 aliphatic rings. The summed E-state index contributed by atoms with van der Waals surface area (Å²) >= 11 is 0. The maximum Gasteiger partial charge on any atom is 0.513 e. The molecule has 16 heavy (non-hydrogen) atoms. The lowest BCUT2D eigenvalue weighted by Crippen LogP contribution is -2.35. The van der Waals surface area contributed by atoms with Gasteiger partial charge in [0.15, 0.2) is 0 Å². The largest absolute Gasteiger partial charge is 0.513 e. The maximum atomic E-state index is 11.0. The number of benzene rings is 1. The molecule has 6 heteroatoms. The summed E-state index contributed by atoms with van der Waals surface area (Å²) in [5, 5.41) is 17.2. The van der Waals surface area contributed by atoms with Gasteiger partial charge < -0.3 is 20.7 Å². The van der Waals surface area contributed by atoms with E-state index in [1.807, 2.05) is 0 Å². The molecule has 0 saturated heterocycles. The third-order valence-corrected chi connectivity index (χ3v) is 1.88. The first-order chi connectivity index (χ1) is 7.49. The van der Waals surface area contributed by atoms with Crippen LogP contribution < -0.4 is 5.73 Å². The first kappa shape index (κ1) is 12.0. The minimum absolute atomic E-state index is 0.102. The highest BCUT2D eigenvalue weighted by atomic mass is 16.7. The molecule has 86 valence electrons. The predicted octanol–water partition coefficient (Wildman–Crippen LogP) is 0.483. The van der Waals surface area contributed by atoms with Gasteiger partial charge in [-0.15, -0.1) is 0 Å². The second-order valence-electron chi connectivity index (χ2n) is 3.16. The van der Waals surface area contributed by atoms with Crippen LogP contribution in [0.25, 0.3) is 0 Å². The summed E-state index contributed by atoms with van der Waals surface area (Å²) in [5.41, 5.74) is 6.14. The van der Waals surface area contributed by atoms with Gasteiger partial charge in [-0.3, -0.25) is 0 Å². The van der Waals surface area contributed by atoms with Crippen molar-refractivity contribution >= 4 is 12.1 Å². The predicted molar refractivity (Wildman–Crippen MR) is 53.9 cm³/mol. The van der Waals surface area contributed by atoms with Crippen LogP contribution in [0.1, 0.15) is 5.56 Å². The highest BCUT2D eigenvalue weighted by molar-refractivity contribution is 5.84. The number of hydrogen-bond donors (Lipinski definition) is 3. The summed E-state index contributed by atoms with van der Waals surface area (Å²) in [4.78, 5) is 21.1. The van der Waals surface area contributed by atoms with E-state index in [0.717, 1.165) is 0 Å². The van der Waals surface area contributed by atoms with Crippen LogP contribution in [0.3, 0.4) is 0 Å². The average Bonchev–Trinajstić information content (AvgIpc) is 2.20. The molecule has 0 spiro atoms. The van der Waals surface area contributed by atoms with Crippen molar-refractivity contribution in [2.24, 2.45) is 5.73 Å². The highest BCUT2D eigenvalue weighted by Crippen LogP contribution is 2.11. The van der Waals surface area contributed by atoms with Gasteiger partial charge >= 0.3 is 12.1 Å². The summed E-state index contributed by atoms with van der Waals surface area (Å²) in [6.07, 6.45) is -1.53. The number of ether oxygens (including phenoxy) is 1. The Morgan fingerprint density at radius 2 is 1.88 bits per heavy atom. The van der Waals surface area contributed by atoms with Crippen LogP contribution in [0.2, 0.25) is 0 Å². The molecule has 0 saturated carbocycles. The first-order valence-electron chi connectivity index (χ1n) is 4.47. The van der Waals surface area contributed by atoms with Gasteiger partial charge in [0.05, 0.1) is 0 Å². The quantitative estimate of drug-likeness (QED) is 0.510. The molecule has 0 amide bonds. The summed E-state index contributed by atoms with van der Waals surface area (Å²) in [6, 6.07) is 5.03. The third kappa shape index (κ3) is 3.58. The van der Waals surface area contributed by atoms with Gasteiger partial charge in [0.25, 0.3) is 0 Å². The van der Waals surface area contributed by atoms with Gasteiger partial charge in [-0.25, -0.2) is 9.59 Å². The Balaban J connectivity index is 2.57. The van der Waals surface area contributed by atoms with Crippen molar-refractivity contribution in [2.75, 3.05) is 0 Å². The topological polar surface area (TPSA) is 110 Å². The number of phenols is 1. The van der Waals surface area contributed by atoms with Gasteiger partial charge in [-0.05, 0) is 24.1 Å². The molecule has 0 unspecified atom stereocenters. The number of nitrogens with two attached hydrogens (primary N) is 1. The SMILES string of the molecule is N[C@@H](Cc1ccc(O)cc1)C(=O)OC(=O)O. The Hall–Kier alpha value is -2.08. The normalized spacial score (nSPS) is 11.8. The maximum absolute atomic E-state index is 11.0. The Morgan fingerprint density at radius 3 is 2.38 bits per heavy atom. The fraction of sp³-hybridized carbons (Fsp3) is 0.200. The summed E-state index contributed by atoms with van der Waals surface area (Å²) in [5.74, 6) is -0.897. The van der Waals surface area contributed by atoms with E-state index in [-0.39, 0.29) is 12.2 Å². The lowest BCUT2D eigenvalue weighted by atomic mass is 10.1. The molecule has 1 rings (SSSR count). The molecule has 1 aromatic carbocycles. The summed E-state index contributed by atoms with van der Waals surface area (Å²) in [7, 11) is 0. The number of carbonyl (C=O) groups is 2. The Labute approximate surface area is 91.3 Å². The number of hydrogen-bond acceptors (Lipinski definition) is 5. The third-order valence-electron chi connectivity index (χ3n) is 1.88. The van der Waals surface area contributed by atoms with Gasteiger partial charge in [0.1, 0.15) is 11.8 Å². The lowest BCUT2D eigenvalue weighted by Gasteiger charge is -2.08. The monoisotopic (exact) mass is 225 g/mol. The summed E-state index contributed by atoms with van der Waals surface area (Å²) in [6.45, 7) is 0. The van der Waals surface area contributed by atoms with E-state index in [0.29, 0.717) is 5.56 Å². The fourth-order valence-corrected chi connectivity index (χ4v) is 1.13. The van der Waals surface area contributed by atoms with Crippen molar-refractivity contribution in [1.29, 1.82) is 0 Å². The molecular weight excluding hydrogens is 214 g/mol. The van der Waals surface area contributed by atoms with Crippen molar-refractivity contribution in [1.82, 2.24) is 0 Å². The van der Waals surface area contributed by atoms with Gasteiger partial charge in [-0.1, -0.05) is 12.1 Å². The molecule has 1 aromatic rings. The van der Waals surface area contributed by atoms with Crippen molar-refractivity contribution in [3.05, 3.63) is 29.8 Å². The Bertz CT molecular complexity index is 387. The molecule has 1 atom stereocenters. The second-order valence-corrected chi connectivity index (χ2v) is 3.16. The van der Waals surface area contributed by atoms with Crippen molar-refractivity contribution in [2.45, 2.75) is 12.5 Å². The van der Waals surface area contributed by atoms with Crippen molar-refractivity contribution in [3.63, 3.8) is 0 Å². The van der Waals surface area contributed by atoms with E-state index in [4.69, 9.17) is 15.9 Å². The van der Waals surface area contributed by atoms with Crippen LogP contribution in [-0.4, -0.2) is 28.4 Å². The molecule has 0 fully saturated rings. The molecule has 0 aromatic heterocycles. The van der Waals surface area contributed by atoms with Gasteiger partial charge in [-0.2, -0.15) is 0 Å². The van der Waals surface area contributed by atoms with E-state index in [9.17, 15) is 9.59 Å². The van der Waals surface area contributed by atoms with Crippen LogP contribution in [0.4, 0.5) is 4.79 Å². The number of aromatic hydroxyl groups is 1. The van der Waals surface area contributed by atoms with Crippen LogP contribution in [0.15, 0.2) is 24.3 Å². The number of carbonyl (C=O) groups excluding carboxylic acids is 1. The standard InChI is InChI=1S/C10H11NO5/c11-8(9(13)16-10(14)15)5-6-1-3-7(12)4-2-6/h1-4,8,12H,5,11H2,(H,14,15)/t8-/m0/s1. The molecule has 0 radical (unpaired) electrons. The second kappa shape index (κ2) is 5.13. The zero-order valence-electron chi connectivity index (χ0n) is 8.29. The van der Waals surface area contributed by atoms with E-state index in [1.165, 1.54) is 12.1 Å². The Kier molecular flexibility index (Phi) is 3.84. The molecular formula is C10H11NO5. The fourth-order valence-electron chi connectivity index (χ4n) is 1.13. The van der Waals surface area contributed by atoms with Crippen LogP contribution in [0.5, 0.6) is 5.75 Å². The first-order valence-corrected chi connectivity index (χ1v) is 4.47. The van der Waals surface area contributed by atoms with Crippen LogP contribution in [-0.2, 0) is 16.0 Å². The van der Waals surface area contributed by atoms with Crippen LogP contribution >= 0.6 is 0 Å². The molecule has 0 heterocycles. The number of carboxylic acid groups (broad SMARTS) is 1. The zero-order valence-corrected chi connectivity index (χ0v) is 8.29. The van der Waals surface area contributed by atoms with E-state index in [2.05, 4.69) is 4.74 Å². The van der Waals surface area contributed by atoms with Gasteiger partial charge in [0, 0.05) is 0 Å². The molecule has 0 aliphatic heterocycles. The summed E-state index contributed by atoms with van der Waals surface area (Å²) < 4.78 is 3.91. The zero-order chi connectivity index (χ0) is 12.1. The van der Waals surface area contributed by atoms with E-state index in [1.54, 1.807) is 12.1 Å². The average molecular weight is 225 g/mol. The van der Waals surface area contributed by atoms with Crippen LogP contribution in [0, 0.1) is 0 Å². The van der Waals surface area contributed by atoms with E-state index < -0.39 is 18.2 Å². The minimum Gasteiger partial charge on any atom is -0.508 e. The van der Waals surface area contributed by atoms with E-state index >= 15 is 0 Å². The molecule has 0 aliphatic carbocycles. The van der Waals surface area contributed by atoms with Gasteiger partial charge in [0.2, 0.25) is 0 Å². The molecule has 4 N–H and O–H groups in total. The number of rotatable bonds is 3. The number of phenolic OH excluding ortho intramolecular Hbond substituents is 1. The smallest absolute Gasteiger partial charge is 0.508 e. The van der Waals surface area contributed by atoms with Crippen molar-refractivity contribution < 1.29 is 24.5 Å².